The Labute approximate surface area is 98.9 Å². The van der Waals surface area contributed by atoms with E-state index in [4.69, 9.17) is 4.74 Å². The fraction of sp³-hybridized carbons (Fsp3) is 0.923. The van der Waals surface area contributed by atoms with E-state index in [2.05, 4.69) is 5.32 Å². The van der Waals surface area contributed by atoms with E-state index in [0.717, 1.165) is 6.54 Å². The third-order valence-electron chi connectivity index (χ3n) is 3.17. The molecule has 0 aliphatic heterocycles. The van der Waals surface area contributed by atoms with Crippen LogP contribution in [0.2, 0.25) is 0 Å². The molecule has 0 radical (unpaired) electrons. The number of rotatable bonds is 5. The standard InChI is InChI=1S/C13H25NO2/c1-2-16-13(15)10-11-14-12-8-6-4-3-5-7-9-12/h12,14H,2-11H2,1H3. The average Bonchev–Trinajstić information content (AvgIpc) is 2.21. The van der Waals surface area contributed by atoms with E-state index >= 15 is 0 Å². The van der Waals surface area contributed by atoms with Gasteiger partial charge in [0.2, 0.25) is 0 Å². The molecule has 1 rings (SSSR count). The van der Waals surface area contributed by atoms with Crippen molar-refractivity contribution in [3.05, 3.63) is 0 Å². The van der Waals surface area contributed by atoms with Gasteiger partial charge in [-0.2, -0.15) is 0 Å². The summed E-state index contributed by atoms with van der Waals surface area (Å²) in [4.78, 5) is 11.1. The van der Waals surface area contributed by atoms with Crippen LogP contribution in [0.25, 0.3) is 0 Å². The maximum atomic E-state index is 11.1. The van der Waals surface area contributed by atoms with Gasteiger partial charge in [-0.25, -0.2) is 0 Å². The highest BCUT2D eigenvalue weighted by molar-refractivity contribution is 5.69. The van der Waals surface area contributed by atoms with Gasteiger partial charge in [0.25, 0.3) is 0 Å². The second-order valence-electron chi connectivity index (χ2n) is 4.55. The summed E-state index contributed by atoms with van der Waals surface area (Å²) in [5, 5.41) is 3.48. The molecule has 0 aromatic heterocycles. The Kier molecular flexibility index (Phi) is 7.23. The molecule has 1 fully saturated rings. The Hall–Kier alpha value is -0.570. The van der Waals surface area contributed by atoms with E-state index < -0.39 is 0 Å². The lowest BCUT2D eigenvalue weighted by Gasteiger charge is -2.20. The van der Waals surface area contributed by atoms with Gasteiger partial charge in [-0.1, -0.05) is 32.1 Å². The third kappa shape index (κ3) is 6.11. The lowest BCUT2D eigenvalue weighted by atomic mass is 9.97. The van der Waals surface area contributed by atoms with Crippen molar-refractivity contribution in [3.63, 3.8) is 0 Å². The highest BCUT2D eigenvalue weighted by Crippen LogP contribution is 2.16. The fourth-order valence-corrected chi connectivity index (χ4v) is 2.27. The Morgan fingerprint density at radius 3 is 2.44 bits per heavy atom. The summed E-state index contributed by atoms with van der Waals surface area (Å²) in [6.45, 7) is 3.10. The molecule has 0 heterocycles. The van der Waals surface area contributed by atoms with Crippen molar-refractivity contribution in [3.8, 4) is 0 Å². The van der Waals surface area contributed by atoms with Crippen LogP contribution in [0.1, 0.15) is 58.3 Å². The molecular weight excluding hydrogens is 202 g/mol. The zero-order valence-electron chi connectivity index (χ0n) is 10.5. The molecule has 94 valence electrons. The van der Waals surface area contributed by atoms with Gasteiger partial charge >= 0.3 is 5.97 Å². The Bertz CT molecular complexity index is 186. The largest absolute Gasteiger partial charge is 0.466 e. The highest BCUT2D eigenvalue weighted by atomic mass is 16.5. The van der Waals surface area contributed by atoms with Gasteiger partial charge in [-0.15, -0.1) is 0 Å². The van der Waals surface area contributed by atoms with E-state index in [1.54, 1.807) is 0 Å². The van der Waals surface area contributed by atoms with E-state index in [-0.39, 0.29) is 5.97 Å². The van der Waals surface area contributed by atoms with Crippen LogP contribution in [-0.2, 0) is 9.53 Å². The minimum Gasteiger partial charge on any atom is -0.466 e. The van der Waals surface area contributed by atoms with Crippen LogP contribution >= 0.6 is 0 Å². The van der Waals surface area contributed by atoms with Gasteiger partial charge in [0.05, 0.1) is 13.0 Å². The molecule has 0 atom stereocenters. The van der Waals surface area contributed by atoms with Crippen LogP contribution in [0, 0.1) is 0 Å². The van der Waals surface area contributed by atoms with Crippen molar-refractivity contribution in [1.29, 1.82) is 0 Å². The molecule has 3 heteroatoms. The van der Waals surface area contributed by atoms with Gasteiger partial charge in [-0.3, -0.25) is 4.79 Å². The van der Waals surface area contributed by atoms with Crippen LogP contribution in [0.15, 0.2) is 0 Å². The SMILES string of the molecule is CCOC(=O)CCNC1CCCCCCC1. The van der Waals surface area contributed by atoms with Crippen LogP contribution in [0.5, 0.6) is 0 Å². The number of hydrogen-bond donors (Lipinski definition) is 1. The lowest BCUT2D eigenvalue weighted by molar-refractivity contribution is -0.143. The topological polar surface area (TPSA) is 38.3 Å². The zero-order valence-corrected chi connectivity index (χ0v) is 10.5. The monoisotopic (exact) mass is 227 g/mol. The molecule has 1 aliphatic carbocycles. The molecule has 0 aromatic carbocycles. The van der Waals surface area contributed by atoms with Crippen molar-refractivity contribution in [2.45, 2.75) is 64.3 Å². The predicted molar refractivity (Wildman–Crippen MR) is 65.4 cm³/mol. The van der Waals surface area contributed by atoms with E-state index in [1.165, 1.54) is 44.9 Å². The minimum atomic E-state index is -0.0826. The van der Waals surface area contributed by atoms with Crippen molar-refractivity contribution in [2.24, 2.45) is 0 Å². The maximum Gasteiger partial charge on any atom is 0.307 e. The van der Waals surface area contributed by atoms with Gasteiger partial charge in [-0.05, 0) is 19.8 Å². The van der Waals surface area contributed by atoms with Crippen LogP contribution in [0.4, 0.5) is 0 Å². The summed E-state index contributed by atoms with van der Waals surface area (Å²) in [5.74, 6) is -0.0826. The Morgan fingerprint density at radius 2 is 1.81 bits per heavy atom. The fourth-order valence-electron chi connectivity index (χ4n) is 2.27. The normalized spacial score (nSPS) is 18.8. The van der Waals surface area contributed by atoms with Crippen molar-refractivity contribution >= 4 is 5.97 Å². The van der Waals surface area contributed by atoms with Crippen molar-refractivity contribution in [1.82, 2.24) is 5.32 Å². The molecule has 0 unspecified atom stereocenters. The Morgan fingerprint density at radius 1 is 1.19 bits per heavy atom. The first kappa shape index (κ1) is 13.5. The minimum absolute atomic E-state index is 0.0826. The molecule has 0 aromatic rings. The molecule has 0 spiro atoms. The first-order chi connectivity index (χ1) is 7.83. The second-order valence-corrected chi connectivity index (χ2v) is 4.55. The quantitative estimate of drug-likeness (QED) is 0.734. The first-order valence-electron chi connectivity index (χ1n) is 6.72. The van der Waals surface area contributed by atoms with Crippen molar-refractivity contribution in [2.75, 3.05) is 13.2 Å². The smallest absolute Gasteiger partial charge is 0.307 e. The van der Waals surface area contributed by atoms with Gasteiger partial charge < -0.3 is 10.1 Å². The Balaban J connectivity index is 2.07. The zero-order chi connectivity index (χ0) is 11.6. The van der Waals surface area contributed by atoms with E-state index in [0.29, 0.717) is 19.1 Å². The first-order valence-corrected chi connectivity index (χ1v) is 6.72. The molecule has 16 heavy (non-hydrogen) atoms. The molecule has 1 N–H and O–H groups in total. The van der Waals surface area contributed by atoms with Gasteiger partial charge in [0, 0.05) is 12.6 Å². The van der Waals surface area contributed by atoms with Gasteiger partial charge in [0.15, 0.2) is 0 Å². The number of esters is 1. The molecule has 1 aliphatic rings. The summed E-state index contributed by atoms with van der Waals surface area (Å²) >= 11 is 0. The van der Waals surface area contributed by atoms with E-state index in [1.807, 2.05) is 6.92 Å². The lowest BCUT2D eigenvalue weighted by Crippen LogP contribution is -2.31. The molecule has 1 saturated carbocycles. The second kappa shape index (κ2) is 8.57. The number of ether oxygens (including phenoxy) is 1. The average molecular weight is 227 g/mol. The number of carbonyl (C=O) groups excluding carboxylic acids is 1. The number of nitrogens with one attached hydrogen (secondary N) is 1. The van der Waals surface area contributed by atoms with E-state index in [9.17, 15) is 4.79 Å². The molecule has 0 saturated heterocycles. The summed E-state index contributed by atoms with van der Waals surface area (Å²) in [5.41, 5.74) is 0. The maximum absolute atomic E-state index is 11.1. The molecule has 0 bridgehead atoms. The third-order valence-corrected chi connectivity index (χ3v) is 3.17. The molecule has 3 nitrogen and oxygen atoms in total. The van der Waals surface area contributed by atoms with Gasteiger partial charge in [0.1, 0.15) is 0 Å². The summed E-state index contributed by atoms with van der Waals surface area (Å²) < 4.78 is 4.90. The molecule has 0 amide bonds. The predicted octanol–water partition coefficient (Wildman–Crippen LogP) is 2.64. The van der Waals surface area contributed by atoms with Crippen LogP contribution < -0.4 is 5.32 Å². The highest BCUT2D eigenvalue weighted by Gasteiger charge is 2.11. The number of hydrogen-bond acceptors (Lipinski definition) is 3. The summed E-state index contributed by atoms with van der Waals surface area (Å²) in [7, 11) is 0. The van der Waals surface area contributed by atoms with Crippen molar-refractivity contribution < 1.29 is 9.53 Å². The number of carbonyl (C=O) groups is 1. The van der Waals surface area contributed by atoms with Crippen LogP contribution in [0.3, 0.4) is 0 Å². The summed E-state index contributed by atoms with van der Waals surface area (Å²) in [6.07, 6.45) is 9.84. The summed E-state index contributed by atoms with van der Waals surface area (Å²) in [6, 6.07) is 0.620. The molecular formula is C13H25NO2. The van der Waals surface area contributed by atoms with Crippen LogP contribution in [-0.4, -0.2) is 25.2 Å².